The molecule has 1 atom stereocenters. The van der Waals surface area contributed by atoms with Crippen LogP contribution in [0.25, 0.3) is 0 Å². The highest BCUT2D eigenvalue weighted by Crippen LogP contribution is 1.89. The molecule has 10 heavy (non-hydrogen) atoms. The number of nitrogens with one attached hydrogen (secondary N) is 1. The van der Waals surface area contributed by atoms with Gasteiger partial charge >= 0.3 is 0 Å². The van der Waals surface area contributed by atoms with Crippen LogP contribution in [0.1, 0.15) is 13.8 Å². The molecule has 0 fully saturated rings. The number of nitrogens with zero attached hydrogens (tertiary/aromatic N) is 1. The molecule has 0 aliphatic rings. The van der Waals surface area contributed by atoms with E-state index >= 15 is 0 Å². The Kier molecular flexibility index (Phi) is 5.12. The zero-order valence-electron chi connectivity index (χ0n) is 6.63. The van der Waals surface area contributed by atoms with Crippen molar-refractivity contribution >= 4 is 18.8 Å². The van der Waals surface area contributed by atoms with Crippen LogP contribution in [0, 0.1) is 0 Å². The van der Waals surface area contributed by atoms with Crippen molar-refractivity contribution in [1.29, 1.82) is 0 Å². The van der Waals surface area contributed by atoms with Gasteiger partial charge in [0.2, 0.25) is 0 Å². The Morgan fingerprint density at radius 2 is 2.30 bits per heavy atom. The Morgan fingerprint density at radius 3 is 2.70 bits per heavy atom. The van der Waals surface area contributed by atoms with E-state index in [1.165, 1.54) is 0 Å². The molecule has 0 saturated carbocycles. The van der Waals surface area contributed by atoms with E-state index in [9.17, 15) is 0 Å². The molecule has 0 aliphatic heterocycles. The van der Waals surface area contributed by atoms with Gasteiger partial charge in [-0.3, -0.25) is 4.99 Å². The summed E-state index contributed by atoms with van der Waals surface area (Å²) in [5, 5.41) is 3.24. The molecular formula is C7H14N2S. The molecule has 1 N–H and O–H groups in total. The third-order valence-electron chi connectivity index (χ3n) is 0.885. The van der Waals surface area contributed by atoms with E-state index in [0.717, 1.165) is 5.57 Å². The number of aliphatic imine (C=N–C) groups is 1. The minimum absolute atomic E-state index is 0.195. The van der Waals surface area contributed by atoms with Crippen LogP contribution in [0.15, 0.2) is 16.8 Å². The Morgan fingerprint density at radius 1 is 1.70 bits per heavy atom. The van der Waals surface area contributed by atoms with Gasteiger partial charge in [-0.15, -0.1) is 0 Å². The largest absolute Gasteiger partial charge is 0.379 e. The maximum Gasteiger partial charge on any atom is 0.0659 e. The molecule has 0 saturated heterocycles. The van der Waals surface area contributed by atoms with Gasteiger partial charge in [-0.05, 0) is 19.4 Å². The van der Waals surface area contributed by atoms with Crippen LogP contribution in [0.3, 0.4) is 0 Å². The van der Waals surface area contributed by atoms with Crippen molar-refractivity contribution < 1.29 is 0 Å². The van der Waals surface area contributed by atoms with Crippen molar-refractivity contribution in [2.75, 3.05) is 7.05 Å². The standard InChI is InChI=1S/C7H14N2S/c1-6(4-8-3)5-9-7(2)10/h4-5,7,9-10H,1-3H3. The molecule has 58 valence electrons. The molecule has 0 radical (unpaired) electrons. The first kappa shape index (κ1) is 9.56. The number of thiol groups is 1. The summed E-state index contributed by atoms with van der Waals surface area (Å²) < 4.78 is 0. The van der Waals surface area contributed by atoms with Gasteiger partial charge in [-0.25, -0.2) is 0 Å². The molecule has 0 heterocycles. The molecule has 0 bridgehead atoms. The van der Waals surface area contributed by atoms with Gasteiger partial charge < -0.3 is 5.32 Å². The van der Waals surface area contributed by atoms with Gasteiger partial charge in [0.1, 0.15) is 0 Å². The highest BCUT2D eigenvalue weighted by molar-refractivity contribution is 7.80. The number of allylic oxidation sites excluding steroid dienone is 1. The van der Waals surface area contributed by atoms with Gasteiger partial charge in [0, 0.05) is 19.5 Å². The number of rotatable bonds is 3. The lowest BCUT2D eigenvalue weighted by Crippen LogP contribution is -2.13. The van der Waals surface area contributed by atoms with Crippen LogP contribution in [-0.4, -0.2) is 18.6 Å². The summed E-state index contributed by atoms with van der Waals surface area (Å²) in [6.07, 6.45) is 3.69. The van der Waals surface area contributed by atoms with Gasteiger partial charge in [0.25, 0.3) is 0 Å². The second-order valence-corrected chi connectivity index (χ2v) is 2.89. The normalized spacial score (nSPS) is 15.8. The molecule has 0 aliphatic carbocycles. The number of hydrogen-bond acceptors (Lipinski definition) is 3. The van der Waals surface area contributed by atoms with Crippen molar-refractivity contribution in [3.8, 4) is 0 Å². The topological polar surface area (TPSA) is 24.4 Å². The lowest BCUT2D eigenvalue weighted by Gasteiger charge is -2.02. The highest BCUT2D eigenvalue weighted by Gasteiger charge is 1.85. The van der Waals surface area contributed by atoms with E-state index in [1.807, 2.05) is 20.0 Å². The molecule has 0 aromatic rings. The van der Waals surface area contributed by atoms with E-state index in [-0.39, 0.29) is 5.37 Å². The first-order chi connectivity index (χ1) is 4.66. The minimum atomic E-state index is 0.195. The predicted molar refractivity (Wildman–Crippen MR) is 49.8 cm³/mol. The van der Waals surface area contributed by atoms with Crippen molar-refractivity contribution in [2.45, 2.75) is 19.2 Å². The lowest BCUT2D eigenvalue weighted by molar-refractivity contribution is 0.858. The SMILES string of the molecule is CN=CC(C)=CNC(C)S. The Hall–Kier alpha value is -0.440. The summed E-state index contributed by atoms with van der Waals surface area (Å²) in [7, 11) is 1.75. The van der Waals surface area contributed by atoms with Crippen molar-refractivity contribution in [3.05, 3.63) is 11.8 Å². The molecule has 0 amide bonds. The number of hydrogen-bond donors (Lipinski definition) is 2. The summed E-state index contributed by atoms with van der Waals surface area (Å²) >= 11 is 4.14. The fraction of sp³-hybridized carbons (Fsp3) is 0.571. The lowest BCUT2D eigenvalue weighted by atomic mass is 10.4. The van der Waals surface area contributed by atoms with Crippen molar-refractivity contribution in [1.82, 2.24) is 5.32 Å². The van der Waals surface area contributed by atoms with Crippen LogP contribution in [0.5, 0.6) is 0 Å². The predicted octanol–water partition coefficient (Wildman–Crippen LogP) is 1.46. The summed E-state index contributed by atoms with van der Waals surface area (Å²) in [6, 6.07) is 0. The van der Waals surface area contributed by atoms with E-state index in [2.05, 4.69) is 22.9 Å². The van der Waals surface area contributed by atoms with Crippen LogP contribution in [-0.2, 0) is 0 Å². The Labute approximate surface area is 67.8 Å². The van der Waals surface area contributed by atoms with Crippen molar-refractivity contribution in [2.24, 2.45) is 4.99 Å². The maximum absolute atomic E-state index is 4.14. The Balaban J connectivity index is 3.68. The highest BCUT2D eigenvalue weighted by atomic mass is 32.1. The van der Waals surface area contributed by atoms with E-state index < -0.39 is 0 Å². The second-order valence-electron chi connectivity index (χ2n) is 2.12. The average Bonchev–Trinajstić information content (AvgIpc) is 1.85. The molecule has 2 nitrogen and oxygen atoms in total. The smallest absolute Gasteiger partial charge is 0.0659 e. The van der Waals surface area contributed by atoms with Crippen LogP contribution < -0.4 is 5.32 Å². The van der Waals surface area contributed by atoms with E-state index in [0.29, 0.717) is 0 Å². The fourth-order valence-electron chi connectivity index (χ4n) is 0.493. The molecule has 0 rings (SSSR count). The Bertz CT molecular complexity index is 139. The van der Waals surface area contributed by atoms with Gasteiger partial charge in [-0.1, -0.05) is 0 Å². The molecule has 1 unspecified atom stereocenters. The van der Waals surface area contributed by atoms with Gasteiger partial charge in [-0.2, -0.15) is 12.6 Å². The molecule has 0 aromatic carbocycles. The maximum atomic E-state index is 4.14. The summed E-state index contributed by atoms with van der Waals surface area (Å²) in [5.74, 6) is 0. The quantitative estimate of drug-likeness (QED) is 0.363. The summed E-state index contributed by atoms with van der Waals surface area (Å²) in [6.45, 7) is 3.95. The summed E-state index contributed by atoms with van der Waals surface area (Å²) in [4.78, 5) is 3.86. The first-order valence-corrected chi connectivity index (χ1v) is 3.71. The molecular weight excluding hydrogens is 144 g/mol. The van der Waals surface area contributed by atoms with Crippen LogP contribution >= 0.6 is 12.6 Å². The van der Waals surface area contributed by atoms with E-state index in [4.69, 9.17) is 0 Å². The zero-order chi connectivity index (χ0) is 7.98. The minimum Gasteiger partial charge on any atom is -0.379 e. The molecule has 3 heteroatoms. The van der Waals surface area contributed by atoms with Gasteiger partial charge in [0.05, 0.1) is 5.37 Å². The fourth-order valence-corrected chi connectivity index (χ4v) is 0.567. The van der Waals surface area contributed by atoms with Crippen molar-refractivity contribution in [3.63, 3.8) is 0 Å². The average molecular weight is 158 g/mol. The molecule has 0 aromatic heterocycles. The van der Waals surface area contributed by atoms with E-state index in [1.54, 1.807) is 13.3 Å². The molecule has 0 spiro atoms. The van der Waals surface area contributed by atoms with Gasteiger partial charge in [0.15, 0.2) is 0 Å². The van der Waals surface area contributed by atoms with Crippen LogP contribution in [0.4, 0.5) is 0 Å². The zero-order valence-corrected chi connectivity index (χ0v) is 7.52. The second kappa shape index (κ2) is 5.35. The first-order valence-electron chi connectivity index (χ1n) is 3.20. The third-order valence-corrected chi connectivity index (χ3v) is 1.03. The third kappa shape index (κ3) is 5.69. The summed E-state index contributed by atoms with van der Waals surface area (Å²) in [5.41, 5.74) is 1.10. The van der Waals surface area contributed by atoms with Crippen LogP contribution in [0.2, 0.25) is 0 Å². The monoisotopic (exact) mass is 158 g/mol.